The predicted molar refractivity (Wildman–Crippen MR) is 169 cm³/mol. The van der Waals surface area contributed by atoms with Crippen molar-refractivity contribution in [1.82, 2.24) is 0 Å². The van der Waals surface area contributed by atoms with Crippen molar-refractivity contribution in [3.05, 3.63) is 83.9 Å². The maximum atomic E-state index is 2.51. The normalized spacial score (nSPS) is 12.1. The van der Waals surface area contributed by atoms with Crippen LogP contribution in [0.2, 0.25) is 0 Å². The van der Waals surface area contributed by atoms with E-state index in [1.165, 1.54) is 70.3 Å². The minimum absolute atomic E-state index is 1.11. The molecule has 0 saturated heterocycles. The first-order valence-electron chi connectivity index (χ1n) is 12.7. The molecule has 0 bridgehead atoms. The molecule has 0 spiro atoms. The van der Waals surface area contributed by atoms with Crippen molar-refractivity contribution in [2.24, 2.45) is 0 Å². The lowest BCUT2D eigenvalue weighted by atomic mass is 9.88. The Labute approximate surface area is 226 Å². The van der Waals surface area contributed by atoms with E-state index in [9.17, 15) is 0 Å². The molecule has 7 rings (SSSR count). The van der Waals surface area contributed by atoms with Gasteiger partial charge >= 0.3 is 0 Å². The molecular weight excluding hydrogens is 513 g/mol. The van der Waals surface area contributed by atoms with E-state index in [-0.39, 0.29) is 0 Å². The highest BCUT2D eigenvalue weighted by Crippen LogP contribution is 2.43. The minimum Gasteiger partial charge on any atom is -0.133 e. The van der Waals surface area contributed by atoms with Gasteiger partial charge in [-0.05, 0) is 94.0 Å². The predicted octanol–water partition coefficient (Wildman–Crippen LogP) is 11.9. The van der Waals surface area contributed by atoms with Crippen LogP contribution in [0.3, 0.4) is 0 Å². The molecule has 2 aromatic heterocycles. The second kappa shape index (κ2) is 9.11. The van der Waals surface area contributed by atoms with Gasteiger partial charge in [0.15, 0.2) is 0 Å². The topological polar surface area (TPSA) is 0 Å². The summed E-state index contributed by atoms with van der Waals surface area (Å²) in [6.45, 7) is 4.63. The molecule has 178 valence electrons. The van der Waals surface area contributed by atoms with Crippen LogP contribution in [-0.2, 0) is 12.8 Å². The van der Waals surface area contributed by atoms with Crippen LogP contribution in [-0.4, -0.2) is 0 Å². The van der Waals surface area contributed by atoms with Gasteiger partial charge < -0.3 is 0 Å². The van der Waals surface area contributed by atoms with E-state index in [1.807, 2.05) is 45.3 Å². The van der Waals surface area contributed by atoms with Gasteiger partial charge in [0.05, 0.1) is 0 Å². The Bertz CT molecular complexity index is 1700. The van der Waals surface area contributed by atoms with Gasteiger partial charge in [0.1, 0.15) is 0 Å². The van der Waals surface area contributed by atoms with E-state index in [1.54, 1.807) is 0 Å². The number of hydrogen-bond donors (Lipinski definition) is 0. The van der Waals surface area contributed by atoms with E-state index >= 15 is 0 Å². The third kappa shape index (κ3) is 3.66. The van der Waals surface area contributed by atoms with Crippen molar-refractivity contribution in [3.63, 3.8) is 0 Å². The molecule has 2 heterocycles. The average Bonchev–Trinajstić information content (AvgIpc) is 2.91. The fraction of sp³-hybridized carbons (Fsp3) is 0.188. The van der Waals surface area contributed by atoms with Crippen LogP contribution in [0.15, 0.2) is 72.8 Å². The first-order chi connectivity index (χ1) is 17.7. The summed E-state index contributed by atoms with van der Waals surface area (Å²) in [7, 11) is 0. The van der Waals surface area contributed by atoms with E-state index in [0.29, 0.717) is 0 Å². The highest BCUT2D eigenvalue weighted by Gasteiger charge is 2.17. The highest BCUT2D eigenvalue weighted by molar-refractivity contribution is 7.36. The van der Waals surface area contributed by atoms with Crippen LogP contribution in [0.4, 0.5) is 0 Å². The van der Waals surface area contributed by atoms with E-state index < -0.39 is 0 Å². The van der Waals surface area contributed by atoms with E-state index in [4.69, 9.17) is 0 Å². The van der Waals surface area contributed by atoms with Gasteiger partial charge in [-0.15, -0.1) is 45.3 Å². The Morgan fingerprint density at radius 1 is 0.417 bits per heavy atom. The lowest BCUT2D eigenvalue weighted by Gasteiger charge is -2.18. The molecule has 0 radical (unpaired) electrons. The van der Waals surface area contributed by atoms with Crippen LogP contribution in [0.25, 0.3) is 59.1 Å². The minimum atomic E-state index is 1.11. The van der Waals surface area contributed by atoms with E-state index in [0.717, 1.165) is 25.7 Å². The first kappa shape index (κ1) is 22.7. The zero-order valence-electron chi connectivity index (χ0n) is 20.4. The lowest BCUT2D eigenvalue weighted by Crippen LogP contribution is -1.96. The Hall–Kier alpha value is -2.50. The number of fused-ring (bicyclic) bond motifs is 6. The van der Waals surface area contributed by atoms with Gasteiger partial charge in [-0.3, -0.25) is 0 Å². The summed E-state index contributed by atoms with van der Waals surface area (Å²) in [5.74, 6) is 0. The monoisotopic (exact) mass is 538 g/mol. The molecule has 0 atom stereocenters. The Morgan fingerprint density at radius 3 is 0.944 bits per heavy atom. The average molecular weight is 539 g/mol. The molecule has 4 heteroatoms. The maximum Gasteiger partial charge on any atom is 0.0455 e. The van der Waals surface area contributed by atoms with Gasteiger partial charge in [-0.25, -0.2) is 0 Å². The Balaban J connectivity index is 1.65. The summed E-state index contributed by atoms with van der Waals surface area (Å²) in [4.78, 5) is 0. The van der Waals surface area contributed by atoms with Crippen LogP contribution in [0.1, 0.15) is 37.8 Å². The molecule has 0 aliphatic carbocycles. The fourth-order valence-corrected chi connectivity index (χ4v) is 10.0. The summed E-state index contributed by atoms with van der Waals surface area (Å²) < 4.78 is 11.1. The summed E-state index contributed by atoms with van der Waals surface area (Å²) in [6, 6.07) is 27.7. The molecule has 0 nitrogen and oxygen atoms in total. The van der Waals surface area contributed by atoms with Crippen LogP contribution in [0.5, 0.6) is 0 Å². The molecule has 0 N–H and O–H groups in total. The SMILES string of the molecule is CCCc1c2cc3sc4ccccc4sc3cc2c(CCC)c2cc3sc4ccccc4sc3cc12. The van der Waals surface area contributed by atoms with Crippen molar-refractivity contribution in [2.45, 2.75) is 39.5 Å². The maximum absolute atomic E-state index is 2.51. The van der Waals surface area contributed by atoms with Gasteiger partial charge in [0, 0.05) is 37.6 Å². The zero-order chi connectivity index (χ0) is 24.2. The quantitative estimate of drug-likeness (QED) is 0.195. The molecule has 0 unspecified atom stereocenters. The third-order valence-corrected chi connectivity index (χ3v) is 12.1. The van der Waals surface area contributed by atoms with Gasteiger partial charge in [-0.2, -0.15) is 0 Å². The summed E-state index contributed by atoms with van der Waals surface area (Å²) in [6.07, 6.45) is 4.53. The van der Waals surface area contributed by atoms with E-state index in [2.05, 4.69) is 86.6 Å². The standard InChI is InChI=1S/C32H26S4/c1-3-9-19-21-15-29-31(35-27-13-7-5-11-25(27)33-29)17-23(21)20(10-4-2)24-18-32-30(16-22(19)24)34-26-12-6-8-14-28(26)36-32/h5-8,11-18H,3-4,9-10H2,1-2H3. The second-order valence-corrected chi connectivity index (χ2v) is 13.8. The number of rotatable bonds is 4. The lowest BCUT2D eigenvalue weighted by molar-refractivity contribution is 0.927. The molecule has 0 saturated carbocycles. The summed E-state index contributed by atoms with van der Waals surface area (Å²) >= 11 is 7.74. The van der Waals surface area contributed by atoms with Gasteiger partial charge in [0.25, 0.3) is 0 Å². The molecule has 0 amide bonds. The molecule has 7 aromatic rings. The molecule has 5 aromatic carbocycles. The largest absolute Gasteiger partial charge is 0.133 e. The molecular formula is C32H26S4. The first-order valence-corrected chi connectivity index (χ1v) is 16.0. The zero-order valence-corrected chi connectivity index (χ0v) is 23.7. The smallest absolute Gasteiger partial charge is 0.0455 e. The van der Waals surface area contributed by atoms with Crippen molar-refractivity contribution in [3.8, 4) is 0 Å². The number of aryl methyl sites for hydroxylation is 2. The van der Waals surface area contributed by atoms with Gasteiger partial charge in [0.2, 0.25) is 0 Å². The van der Waals surface area contributed by atoms with Crippen molar-refractivity contribution < 1.29 is 0 Å². The highest BCUT2D eigenvalue weighted by atomic mass is 32.1. The number of benzene rings is 5. The molecule has 0 fully saturated rings. The Kier molecular flexibility index (Phi) is 5.74. The van der Waals surface area contributed by atoms with Crippen LogP contribution in [0, 0.1) is 0 Å². The molecule has 0 aliphatic rings. The second-order valence-electron chi connectivity index (χ2n) is 9.45. The molecule has 0 aliphatic heterocycles. The van der Waals surface area contributed by atoms with Crippen LogP contribution >= 0.6 is 45.3 Å². The molecule has 36 heavy (non-hydrogen) atoms. The van der Waals surface area contributed by atoms with Crippen LogP contribution < -0.4 is 0 Å². The van der Waals surface area contributed by atoms with Crippen molar-refractivity contribution in [2.75, 3.05) is 0 Å². The Morgan fingerprint density at radius 2 is 0.694 bits per heavy atom. The number of hydrogen-bond acceptors (Lipinski definition) is 4. The summed E-state index contributed by atoms with van der Waals surface area (Å²) in [5, 5.41) is 5.86. The third-order valence-electron chi connectivity index (χ3n) is 7.05. The fourth-order valence-electron chi connectivity index (χ4n) is 5.48. The van der Waals surface area contributed by atoms with Crippen molar-refractivity contribution in [1.29, 1.82) is 0 Å². The summed E-state index contributed by atoms with van der Waals surface area (Å²) in [5.41, 5.74) is 3.06. The van der Waals surface area contributed by atoms with Crippen molar-refractivity contribution >= 4 is 104 Å². The van der Waals surface area contributed by atoms with Gasteiger partial charge in [-0.1, -0.05) is 51.0 Å².